The van der Waals surface area contributed by atoms with Gasteiger partial charge in [0.25, 0.3) is 11.8 Å². The molecule has 0 saturated carbocycles. The van der Waals surface area contributed by atoms with E-state index in [-0.39, 0.29) is 36.8 Å². The second-order valence-electron chi connectivity index (χ2n) is 7.42. The second-order valence-corrected chi connectivity index (χ2v) is 7.42. The molecule has 37 heavy (non-hydrogen) atoms. The standard InChI is InChI=1S/C23H19F6N3O5/c24-22(25,26)15-3-1-2-14(10-15)8-9-30-21(34)18-12-36-20(32-18)11-31-19(33)13-35-16-4-6-17(7-5-16)37-23(27,28)29/h1-7,10,12H,8-9,11,13H2,(H,30,34)(H,31,33). The molecule has 0 unspecified atom stereocenters. The van der Waals surface area contributed by atoms with E-state index in [0.717, 1.165) is 30.5 Å². The number of carbonyl (C=O) groups excluding carboxylic acids is 2. The van der Waals surface area contributed by atoms with Crippen LogP contribution in [0.1, 0.15) is 27.5 Å². The van der Waals surface area contributed by atoms with Gasteiger partial charge in [0.1, 0.15) is 17.8 Å². The van der Waals surface area contributed by atoms with E-state index in [1.54, 1.807) is 0 Å². The Morgan fingerprint density at radius 3 is 2.32 bits per heavy atom. The topological polar surface area (TPSA) is 103 Å². The quantitative estimate of drug-likeness (QED) is 0.379. The number of aromatic nitrogens is 1. The fourth-order valence-corrected chi connectivity index (χ4v) is 2.92. The fraction of sp³-hybridized carbons (Fsp3) is 0.261. The molecule has 0 fully saturated rings. The van der Waals surface area contributed by atoms with Crippen LogP contribution in [0.25, 0.3) is 0 Å². The minimum Gasteiger partial charge on any atom is -0.484 e. The largest absolute Gasteiger partial charge is 0.573 e. The Morgan fingerprint density at radius 1 is 0.946 bits per heavy atom. The molecule has 2 N–H and O–H groups in total. The molecule has 14 heteroatoms. The van der Waals surface area contributed by atoms with Gasteiger partial charge in [0.15, 0.2) is 12.3 Å². The Morgan fingerprint density at radius 2 is 1.65 bits per heavy atom. The summed E-state index contributed by atoms with van der Waals surface area (Å²) < 4.78 is 88.8. The molecule has 2 aromatic carbocycles. The van der Waals surface area contributed by atoms with Crippen molar-refractivity contribution >= 4 is 11.8 Å². The number of carbonyl (C=O) groups is 2. The molecule has 0 saturated heterocycles. The Kier molecular flexibility index (Phi) is 8.63. The summed E-state index contributed by atoms with van der Waals surface area (Å²) in [5.74, 6) is -1.52. The highest BCUT2D eigenvalue weighted by Gasteiger charge is 2.31. The molecule has 0 spiro atoms. The Hall–Kier alpha value is -4.23. The maximum absolute atomic E-state index is 12.8. The van der Waals surface area contributed by atoms with Crippen molar-refractivity contribution < 1.29 is 49.8 Å². The van der Waals surface area contributed by atoms with Crippen LogP contribution in [0.15, 0.2) is 59.2 Å². The first-order valence-corrected chi connectivity index (χ1v) is 10.5. The van der Waals surface area contributed by atoms with Gasteiger partial charge in [-0.25, -0.2) is 4.98 Å². The highest BCUT2D eigenvalue weighted by atomic mass is 19.4. The molecule has 0 aliphatic carbocycles. The van der Waals surface area contributed by atoms with Gasteiger partial charge >= 0.3 is 12.5 Å². The molecule has 8 nitrogen and oxygen atoms in total. The van der Waals surface area contributed by atoms with Crippen LogP contribution in [-0.4, -0.2) is 36.3 Å². The van der Waals surface area contributed by atoms with Gasteiger partial charge in [-0.3, -0.25) is 9.59 Å². The molecular weight excluding hydrogens is 512 g/mol. The molecular formula is C23H19F6N3O5. The summed E-state index contributed by atoms with van der Waals surface area (Å²) in [6.07, 6.45) is -8.07. The van der Waals surface area contributed by atoms with E-state index in [0.29, 0.717) is 5.56 Å². The van der Waals surface area contributed by atoms with Gasteiger partial charge < -0.3 is 24.5 Å². The third-order valence-corrected chi connectivity index (χ3v) is 4.60. The Labute approximate surface area is 205 Å². The summed E-state index contributed by atoms with van der Waals surface area (Å²) in [5, 5.41) is 4.95. The third kappa shape index (κ3) is 9.05. The highest BCUT2D eigenvalue weighted by molar-refractivity contribution is 5.91. The second kappa shape index (κ2) is 11.7. The fourth-order valence-electron chi connectivity index (χ4n) is 2.92. The zero-order valence-electron chi connectivity index (χ0n) is 18.8. The average Bonchev–Trinajstić information content (AvgIpc) is 3.30. The Balaban J connectivity index is 1.39. The van der Waals surface area contributed by atoms with Crippen molar-refractivity contribution in [1.82, 2.24) is 15.6 Å². The van der Waals surface area contributed by atoms with E-state index in [2.05, 4.69) is 20.4 Å². The zero-order valence-corrected chi connectivity index (χ0v) is 18.8. The van der Waals surface area contributed by atoms with Gasteiger partial charge in [0, 0.05) is 6.54 Å². The first kappa shape index (κ1) is 27.4. The van der Waals surface area contributed by atoms with Gasteiger partial charge in [-0.15, -0.1) is 13.2 Å². The van der Waals surface area contributed by atoms with Crippen LogP contribution in [0, 0.1) is 0 Å². The van der Waals surface area contributed by atoms with Crippen LogP contribution in [-0.2, 0) is 23.9 Å². The van der Waals surface area contributed by atoms with Gasteiger partial charge in [-0.05, 0) is 42.3 Å². The van der Waals surface area contributed by atoms with E-state index < -0.39 is 42.3 Å². The van der Waals surface area contributed by atoms with Crippen molar-refractivity contribution in [2.45, 2.75) is 25.5 Å². The number of amides is 2. The molecule has 0 radical (unpaired) electrons. The summed E-state index contributed by atoms with van der Waals surface area (Å²) >= 11 is 0. The first-order chi connectivity index (χ1) is 17.4. The lowest BCUT2D eigenvalue weighted by Crippen LogP contribution is -2.29. The number of nitrogens with one attached hydrogen (secondary N) is 2. The molecule has 1 heterocycles. The molecule has 0 aliphatic rings. The van der Waals surface area contributed by atoms with Crippen molar-refractivity contribution in [2.24, 2.45) is 0 Å². The smallest absolute Gasteiger partial charge is 0.484 e. The number of oxazole rings is 1. The third-order valence-electron chi connectivity index (χ3n) is 4.60. The highest BCUT2D eigenvalue weighted by Crippen LogP contribution is 2.29. The summed E-state index contributed by atoms with van der Waals surface area (Å²) in [6.45, 7) is -0.582. The number of alkyl halides is 6. The molecule has 198 valence electrons. The predicted octanol–water partition coefficient (Wildman–Crippen LogP) is 4.26. The Bertz CT molecular complexity index is 1210. The summed E-state index contributed by atoms with van der Waals surface area (Å²) in [6, 6.07) is 9.20. The van der Waals surface area contributed by atoms with Crippen LogP contribution in [0.5, 0.6) is 11.5 Å². The van der Waals surface area contributed by atoms with E-state index in [1.807, 2.05) is 0 Å². The van der Waals surface area contributed by atoms with Gasteiger partial charge in [-0.1, -0.05) is 18.2 Å². The molecule has 0 bridgehead atoms. The van der Waals surface area contributed by atoms with E-state index in [4.69, 9.17) is 9.15 Å². The molecule has 0 atom stereocenters. The molecule has 3 aromatic rings. The lowest BCUT2D eigenvalue weighted by molar-refractivity contribution is -0.274. The number of hydrogen-bond acceptors (Lipinski definition) is 6. The average molecular weight is 531 g/mol. The summed E-state index contributed by atoms with van der Waals surface area (Å²) in [7, 11) is 0. The number of ether oxygens (including phenoxy) is 2. The minimum atomic E-state index is -4.82. The van der Waals surface area contributed by atoms with E-state index >= 15 is 0 Å². The monoisotopic (exact) mass is 531 g/mol. The number of hydrogen-bond donors (Lipinski definition) is 2. The number of halogens is 6. The van der Waals surface area contributed by atoms with Crippen molar-refractivity contribution in [1.29, 1.82) is 0 Å². The van der Waals surface area contributed by atoms with Crippen molar-refractivity contribution in [3.63, 3.8) is 0 Å². The van der Waals surface area contributed by atoms with Crippen LogP contribution in [0.3, 0.4) is 0 Å². The lowest BCUT2D eigenvalue weighted by Gasteiger charge is -2.10. The van der Waals surface area contributed by atoms with Gasteiger partial charge in [-0.2, -0.15) is 13.2 Å². The number of nitrogens with zero attached hydrogens (tertiary/aromatic N) is 1. The van der Waals surface area contributed by atoms with Crippen molar-refractivity contribution in [3.8, 4) is 11.5 Å². The summed E-state index contributed by atoms with van der Waals surface area (Å²) in [5.41, 5.74) is -0.476. The minimum absolute atomic E-state index is 0.00466. The van der Waals surface area contributed by atoms with Gasteiger partial charge in [0.05, 0.1) is 12.1 Å². The normalized spacial score (nSPS) is 11.6. The predicted molar refractivity (Wildman–Crippen MR) is 114 cm³/mol. The van der Waals surface area contributed by atoms with Crippen LogP contribution >= 0.6 is 0 Å². The lowest BCUT2D eigenvalue weighted by atomic mass is 10.1. The number of rotatable bonds is 10. The first-order valence-electron chi connectivity index (χ1n) is 10.5. The van der Waals surface area contributed by atoms with Crippen molar-refractivity contribution in [3.05, 3.63) is 77.5 Å². The number of benzene rings is 2. The van der Waals surface area contributed by atoms with Crippen LogP contribution in [0.2, 0.25) is 0 Å². The summed E-state index contributed by atoms with van der Waals surface area (Å²) in [4.78, 5) is 28.0. The van der Waals surface area contributed by atoms with E-state index in [9.17, 15) is 35.9 Å². The van der Waals surface area contributed by atoms with Gasteiger partial charge in [0.2, 0.25) is 5.89 Å². The van der Waals surface area contributed by atoms with E-state index in [1.165, 1.54) is 24.3 Å². The zero-order chi connectivity index (χ0) is 27.1. The molecule has 1 aromatic heterocycles. The van der Waals surface area contributed by atoms with Crippen molar-refractivity contribution in [2.75, 3.05) is 13.2 Å². The molecule has 2 amide bonds. The SMILES string of the molecule is O=C(COc1ccc(OC(F)(F)F)cc1)NCc1nc(C(=O)NCCc2cccc(C(F)(F)F)c2)co1. The molecule has 0 aliphatic heterocycles. The van der Waals surface area contributed by atoms with Crippen LogP contribution < -0.4 is 20.1 Å². The molecule has 3 rings (SSSR count). The maximum atomic E-state index is 12.8. The maximum Gasteiger partial charge on any atom is 0.573 e. The van der Waals surface area contributed by atoms with Crippen LogP contribution in [0.4, 0.5) is 26.3 Å².